The number of hydrogen-bond acceptors (Lipinski definition) is 4. The zero-order valence-corrected chi connectivity index (χ0v) is 9.40. The number of rotatable bonds is 4. The van der Waals surface area contributed by atoms with Gasteiger partial charge < -0.3 is 4.74 Å². The highest BCUT2D eigenvalue weighted by Crippen LogP contribution is 2.09. The second-order valence-electron chi connectivity index (χ2n) is 2.67. The van der Waals surface area contributed by atoms with Crippen molar-refractivity contribution in [2.75, 3.05) is 6.61 Å². The molecule has 0 aliphatic heterocycles. The standard InChI is InChI=1S/C9H11BrN2O2/c1-2-14-9(13)8(10)3-7-4-11-6-12-5-7/h4-6,8H,2-3H2,1H3. The van der Waals surface area contributed by atoms with Gasteiger partial charge in [-0.3, -0.25) is 4.79 Å². The van der Waals surface area contributed by atoms with Gasteiger partial charge in [-0.25, -0.2) is 9.97 Å². The lowest BCUT2D eigenvalue weighted by Crippen LogP contribution is -2.19. The van der Waals surface area contributed by atoms with Crippen molar-refractivity contribution >= 4 is 21.9 Å². The van der Waals surface area contributed by atoms with Crippen molar-refractivity contribution in [1.82, 2.24) is 9.97 Å². The molecule has 0 amide bonds. The van der Waals surface area contributed by atoms with E-state index in [1.165, 1.54) is 6.33 Å². The van der Waals surface area contributed by atoms with Gasteiger partial charge in [0.25, 0.3) is 0 Å². The van der Waals surface area contributed by atoms with Gasteiger partial charge in [0.2, 0.25) is 0 Å². The van der Waals surface area contributed by atoms with Crippen molar-refractivity contribution in [3.8, 4) is 0 Å². The Balaban J connectivity index is 2.49. The molecule has 1 heterocycles. The third-order valence-electron chi connectivity index (χ3n) is 1.57. The molecule has 5 heteroatoms. The Morgan fingerprint density at radius 3 is 2.79 bits per heavy atom. The number of ether oxygens (including phenoxy) is 1. The molecule has 0 aromatic carbocycles. The van der Waals surface area contributed by atoms with Gasteiger partial charge in [0.1, 0.15) is 11.2 Å². The molecule has 1 unspecified atom stereocenters. The number of carbonyl (C=O) groups excluding carboxylic acids is 1. The molecule has 1 rings (SSSR count). The van der Waals surface area contributed by atoms with E-state index in [4.69, 9.17) is 4.74 Å². The maximum absolute atomic E-state index is 11.2. The Bertz CT molecular complexity index is 292. The van der Waals surface area contributed by atoms with E-state index in [9.17, 15) is 4.79 Å². The van der Waals surface area contributed by atoms with E-state index in [0.717, 1.165) is 5.56 Å². The van der Waals surface area contributed by atoms with Crippen molar-refractivity contribution in [2.24, 2.45) is 0 Å². The summed E-state index contributed by atoms with van der Waals surface area (Å²) < 4.78 is 4.85. The number of nitrogens with zero attached hydrogens (tertiary/aromatic N) is 2. The van der Waals surface area contributed by atoms with Crippen molar-refractivity contribution in [1.29, 1.82) is 0 Å². The molecule has 0 N–H and O–H groups in total. The quantitative estimate of drug-likeness (QED) is 0.605. The number of halogens is 1. The molecule has 1 aromatic rings. The summed E-state index contributed by atoms with van der Waals surface area (Å²) in [5.41, 5.74) is 0.905. The van der Waals surface area contributed by atoms with E-state index in [1.54, 1.807) is 19.3 Å². The maximum atomic E-state index is 11.2. The molecule has 0 aliphatic rings. The van der Waals surface area contributed by atoms with Crippen LogP contribution in [0.3, 0.4) is 0 Å². The summed E-state index contributed by atoms with van der Waals surface area (Å²) >= 11 is 3.25. The summed E-state index contributed by atoms with van der Waals surface area (Å²) in [7, 11) is 0. The van der Waals surface area contributed by atoms with E-state index in [-0.39, 0.29) is 10.8 Å². The lowest BCUT2D eigenvalue weighted by molar-refractivity contribution is -0.142. The third kappa shape index (κ3) is 3.41. The Morgan fingerprint density at radius 2 is 2.21 bits per heavy atom. The van der Waals surface area contributed by atoms with Crippen LogP contribution in [0.1, 0.15) is 12.5 Å². The van der Waals surface area contributed by atoms with Crippen LogP contribution in [0.15, 0.2) is 18.7 Å². The van der Waals surface area contributed by atoms with Crippen LogP contribution >= 0.6 is 15.9 Å². The molecule has 0 aliphatic carbocycles. The molecule has 4 nitrogen and oxygen atoms in total. The average Bonchev–Trinajstić information content (AvgIpc) is 2.19. The fraction of sp³-hybridized carbons (Fsp3) is 0.444. The van der Waals surface area contributed by atoms with Crippen LogP contribution in [0.4, 0.5) is 0 Å². The molecule has 0 spiro atoms. The van der Waals surface area contributed by atoms with Gasteiger partial charge >= 0.3 is 5.97 Å². The Kier molecular flexibility index (Phi) is 4.52. The molecule has 0 radical (unpaired) electrons. The molecule has 14 heavy (non-hydrogen) atoms. The minimum Gasteiger partial charge on any atom is -0.465 e. The van der Waals surface area contributed by atoms with Crippen LogP contribution in [-0.4, -0.2) is 27.4 Å². The van der Waals surface area contributed by atoms with Gasteiger partial charge in [0.05, 0.1) is 6.61 Å². The van der Waals surface area contributed by atoms with Crippen LogP contribution in [0.2, 0.25) is 0 Å². The zero-order chi connectivity index (χ0) is 10.4. The number of alkyl halides is 1. The first-order chi connectivity index (χ1) is 6.74. The molecule has 1 aromatic heterocycles. The topological polar surface area (TPSA) is 52.1 Å². The van der Waals surface area contributed by atoms with E-state index < -0.39 is 0 Å². The van der Waals surface area contributed by atoms with Crippen molar-refractivity contribution in [3.05, 3.63) is 24.3 Å². The smallest absolute Gasteiger partial charge is 0.320 e. The van der Waals surface area contributed by atoms with E-state index in [2.05, 4.69) is 25.9 Å². The first kappa shape index (κ1) is 11.1. The fourth-order valence-corrected chi connectivity index (χ4v) is 1.46. The zero-order valence-electron chi connectivity index (χ0n) is 7.81. The Labute approximate surface area is 90.8 Å². The van der Waals surface area contributed by atoms with Gasteiger partial charge in [-0.15, -0.1) is 0 Å². The number of esters is 1. The lowest BCUT2D eigenvalue weighted by atomic mass is 10.2. The average molecular weight is 259 g/mol. The van der Waals surface area contributed by atoms with Crippen LogP contribution in [0, 0.1) is 0 Å². The molecular formula is C9H11BrN2O2. The van der Waals surface area contributed by atoms with Gasteiger partial charge in [-0.2, -0.15) is 0 Å². The Morgan fingerprint density at radius 1 is 1.57 bits per heavy atom. The fourth-order valence-electron chi connectivity index (χ4n) is 0.958. The number of aromatic nitrogens is 2. The molecule has 76 valence electrons. The first-order valence-corrected chi connectivity index (χ1v) is 5.20. The number of carbonyl (C=O) groups is 1. The minimum absolute atomic E-state index is 0.253. The molecule has 0 saturated heterocycles. The monoisotopic (exact) mass is 258 g/mol. The molecular weight excluding hydrogens is 248 g/mol. The van der Waals surface area contributed by atoms with Gasteiger partial charge in [-0.1, -0.05) is 15.9 Å². The van der Waals surface area contributed by atoms with Crippen LogP contribution < -0.4 is 0 Å². The highest BCUT2D eigenvalue weighted by atomic mass is 79.9. The SMILES string of the molecule is CCOC(=O)C(Br)Cc1cncnc1. The number of hydrogen-bond donors (Lipinski definition) is 0. The lowest BCUT2D eigenvalue weighted by Gasteiger charge is -2.07. The highest BCUT2D eigenvalue weighted by Gasteiger charge is 2.16. The maximum Gasteiger partial charge on any atom is 0.320 e. The van der Waals surface area contributed by atoms with Gasteiger partial charge in [-0.05, 0) is 18.9 Å². The van der Waals surface area contributed by atoms with E-state index >= 15 is 0 Å². The predicted molar refractivity (Wildman–Crippen MR) is 55.1 cm³/mol. The Hall–Kier alpha value is -0.970. The van der Waals surface area contributed by atoms with Crippen molar-refractivity contribution < 1.29 is 9.53 Å². The largest absolute Gasteiger partial charge is 0.465 e. The minimum atomic E-state index is -0.326. The molecule has 0 fully saturated rings. The summed E-state index contributed by atoms with van der Waals surface area (Å²) in [4.78, 5) is 18.6. The van der Waals surface area contributed by atoms with Crippen LogP contribution in [0.5, 0.6) is 0 Å². The van der Waals surface area contributed by atoms with Crippen molar-refractivity contribution in [2.45, 2.75) is 18.2 Å². The summed E-state index contributed by atoms with van der Waals surface area (Å²) in [5, 5.41) is 0. The van der Waals surface area contributed by atoms with Crippen molar-refractivity contribution in [3.63, 3.8) is 0 Å². The second-order valence-corrected chi connectivity index (χ2v) is 3.78. The summed E-state index contributed by atoms with van der Waals surface area (Å²) in [5.74, 6) is -0.253. The van der Waals surface area contributed by atoms with Gasteiger partial charge in [0.15, 0.2) is 0 Å². The van der Waals surface area contributed by atoms with Gasteiger partial charge in [0, 0.05) is 12.4 Å². The highest BCUT2D eigenvalue weighted by molar-refractivity contribution is 9.10. The molecule has 1 atom stereocenters. The predicted octanol–water partition coefficient (Wildman–Crippen LogP) is 1.35. The van der Waals surface area contributed by atoms with E-state index in [1.807, 2.05) is 0 Å². The summed E-state index contributed by atoms with van der Waals surface area (Å²) in [6, 6.07) is 0. The molecule has 0 saturated carbocycles. The third-order valence-corrected chi connectivity index (χ3v) is 2.27. The van der Waals surface area contributed by atoms with Crippen LogP contribution in [-0.2, 0) is 16.0 Å². The second kappa shape index (κ2) is 5.70. The first-order valence-electron chi connectivity index (χ1n) is 4.28. The summed E-state index contributed by atoms with van der Waals surface area (Å²) in [6.07, 6.45) is 5.36. The normalized spacial score (nSPS) is 12.1. The van der Waals surface area contributed by atoms with E-state index in [0.29, 0.717) is 13.0 Å². The molecule has 0 bridgehead atoms. The summed E-state index contributed by atoms with van der Waals surface area (Å²) in [6.45, 7) is 2.18. The van der Waals surface area contributed by atoms with Crippen LogP contribution in [0.25, 0.3) is 0 Å².